The van der Waals surface area contributed by atoms with Crippen molar-refractivity contribution in [3.63, 3.8) is 0 Å². The van der Waals surface area contributed by atoms with Crippen molar-refractivity contribution in [2.24, 2.45) is 0 Å². The molecular formula is C16H14BrNO4S. The highest BCUT2D eigenvalue weighted by molar-refractivity contribution is 9.10. The molecule has 7 heteroatoms. The molecule has 1 aromatic carbocycles. The summed E-state index contributed by atoms with van der Waals surface area (Å²) in [5.41, 5.74) is 1.19. The Hall–Kier alpha value is -1.86. The van der Waals surface area contributed by atoms with Crippen LogP contribution in [0, 0.1) is 0 Å². The van der Waals surface area contributed by atoms with E-state index in [-0.39, 0.29) is 23.8 Å². The van der Waals surface area contributed by atoms with Gasteiger partial charge in [0.25, 0.3) is 5.91 Å². The number of thiophene rings is 1. The summed E-state index contributed by atoms with van der Waals surface area (Å²) < 4.78 is 5.69. The highest BCUT2D eigenvalue weighted by Gasteiger charge is 2.23. The maximum Gasteiger partial charge on any atom is 0.342 e. The molecule has 0 spiro atoms. The lowest BCUT2D eigenvalue weighted by Gasteiger charge is -2.26. The van der Waals surface area contributed by atoms with Crippen molar-refractivity contribution in [3.8, 4) is 5.75 Å². The molecule has 23 heavy (non-hydrogen) atoms. The number of fused-ring (bicyclic) bond motifs is 1. The summed E-state index contributed by atoms with van der Waals surface area (Å²) >= 11 is 4.93. The summed E-state index contributed by atoms with van der Waals surface area (Å²) in [6, 6.07) is 6.49. The first-order valence-corrected chi connectivity index (χ1v) is 8.70. The highest BCUT2D eigenvalue weighted by atomic mass is 79.9. The average Bonchev–Trinajstić information content (AvgIpc) is 3.02. The van der Waals surface area contributed by atoms with Gasteiger partial charge in [-0.05, 0) is 41.6 Å². The normalized spacial score (nSPS) is 13.5. The van der Waals surface area contributed by atoms with Crippen LogP contribution in [-0.2, 0) is 22.5 Å². The van der Waals surface area contributed by atoms with E-state index in [1.807, 2.05) is 11.4 Å². The first-order chi connectivity index (χ1) is 11.0. The molecule has 2 heterocycles. The fourth-order valence-corrected chi connectivity index (χ4v) is 3.68. The summed E-state index contributed by atoms with van der Waals surface area (Å²) in [5.74, 6) is -1.12. The minimum Gasteiger partial charge on any atom is -0.507 e. The van der Waals surface area contributed by atoms with E-state index in [4.69, 9.17) is 4.74 Å². The number of rotatable bonds is 3. The molecule has 0 radical (unpaired) electrons. The molecule has 120 valence electrons. The van der Waals surface area contributed by atoms with Crippen LogP contribution in [0.2, 0.25) is 0 Å². The minimum absolute atomic E-state index is 0.0333. The lowest BCUT2D eigenvalue weighted by Crippen LogP contribution is -2.38. The van der Waals surface area contributed by atoms with Gasteiger partial charge in [-0.3, -0.25) is 4.79 Å². The molecule has 0 atom stereocenters. The van der Waals surface area contributed by atoms with Gasteiger partial charge in [0.1, 0.15) is 11.3 Å². The number of phenolic OH excluding ortho intramolecular Hbond substituents is 1. The van der Waals surface area contributed by atoms with Gasteiger partial charge in [-0.15, -0.1) is 11.3 Å². The SMILES string of the molecule is O=C(OCC(=O)N1CCc2sccc2C1)c1cc(Br)ccc1O. The molecule has 1 amide bonds. The first kappa shape index (κ1) is 16.0. The predicted octanol–water partition coefficient (Wildman–Crippen LogP) is 2.96. The van der Waals surface area contributed by atoms with E-state index in [9.17, 15) is 14.7 Å². The second-order valence-electron chi connectivity index (χ2n) is 5.17. The predicted molar refractivity (Wildman–Crippen MR) is 89.5 cm³/mol. The minimum atomic E-state index is -0.717. The van der Waals surface area contributed by atoms with E-state index in [0.717, 1.165) is 12.0 Å². The number of hydrogen-bond donors (Lipinski definition) is 1. The van der Waals surface area contributed by atoms with Crippen LogP contribution in [0.5, 0.6) is 5.75 Å². The van der Waals surface area contributed by atoms with Crippen molar-refractivity contribution < 1.29 is 19.4 Å². The van der Waals surface area contributed by atoms with Crippen molar-refractivity contribution in [3.05, 3.63) is 50.1 Å². The number of nitrogens with zero attached hydrogens (tertiary/aromatic N) is 1. The molecule has 1 N–H and O–H groups in total. The van der Waals surface area contributed by atoms with Crippen LogP contribution >= 0.6 is 27.3 Å². The number of aromatic hydroxyl groups is 1. The molecule has 0 saturated carbocycles. The lowest BCUT2D eigenvalue weighted by molar-refractivity contribution is -0.135. The zero-order valence-electron chi connectivity index (χ0n) is 12.1. The van der Waals surface area contributed by atoms with Gasteiger partial charge in [-0.1, -0.05) is 15.9 Å². The number of ether oxygens (including phenoxy) is 1. The molecule has 0 fully saturated rings. The van der Waals surface area contributed by atoms with E-state index in [2.05, 4.69) is 15.9 Å². The number of phenols is 1. The Labute approximate surface area is 145 Å². The van der Waals surface area contributed by atoms with Crippen LogP contribution in [0.3, 0.4) is 0 Å². The third kappa shape index (κ3) is 3.56. The topological polar surface area (TPSA) is 66.8 Å². The van der Waals surface area contributed by atoms with E-state index >= 15 is 0 Å². The van der Waals surface area contributed by atoms with Gasteiger partial charge < -0.3 is 14.7 Å². The Morgan fingerprint density at radius 3 is 3.00 bits per heavy atom. The van der Waals surface area contributed by atoms with Gasteiger partial charge in [0.05, 0.1) is 0 Å². The fourth-order valence-electron chi connectivity index (χ4n) is 2.43. The molecule has 2 aromatic rings. The van der Waals surface area contributed by atoms with Crippen molar-refractivity contribution >= 4 is 39.1 Å². The summed E-state index contributed by atoms with van der Waals surface area (Å²) in [6.07, 6.45) is 0.832. The molecule has 0 saturated heterocycles. The Kier molecular flexibility index (Phi) is 4.68. The monoisotopic (exact) mass is 395 g/mol. The van der Waals surface area contributed by atoms with E-state index in [1.165, 1.54) is 17.0 Å². The zero-order chi connectivity index (χ0) is 16.4. The van der Waals surface area contributed by atoms with Gasteiger partial charge in [0, 0.05) is 22.4 Å². The van der Waals surface area contributed by atoms with Gasteiger partial charge >= 0.3 is 5.97 Å². The molecule has 1 aliphatic rings. The summed E-state index contributed by atoms with van der Waals surface area (Å²) in [4.78, 5) is 27.2. The van der Waals surface area contributed by atoms with E-state index < -0.39 is 5.97 Å². The number of esters is 1. The Balaban J connectivity index is 1.59. The fraction of sp³-hybridized carbons (Fsp3) is 0.250. The number of amides is 1. The number of halogens is 1. The molecule has 5 nitrogen and oxygen atoms in total. The standard InChI is InChI=1S/C16H14BrNO4S/c17-11-1-2-13(19)12(7-11)16(21)22-9-15(20)18-5-3-14-10(8-18)4-6-23-14/h1-2,4,6-7,19H,3,5,8-9H2. The summed E-state index contributed by atoms with van der Waals surface area (Å²) in [6.45, 7) is 0.855. The van der Waals surface area contributed by atoms with Gasteiger partial charge in [-0.2, -0.15) is 0 Å². The Bertz CT molecular complexity index is 758. The van der Waals surface area contributed by atoms with E-state index in [1.54, 1.807) is 22.3 Å². The Morgan fingerprint density at radius 2 is 2.17 bits per heavy atom. The molecular weight excluding hydrogens is 382 g/mol. The molecule has 3 rings (SSSR count). The van der Waals surface area contributed by atoms with Gasteiger partial charge in [-0.25, -0.2) is 4.79 Å². The average molecular weight is 396 g/mol. The molecule has 0 unspecified atom stereocenters. The third-order valence-corrected chi connectivity index (χ3v) is 5.18. The maximum atomic E-state index is 12.2. The lowest BCUT2D eigenvalue weighted by atomic mass is 10.1. The largest absolute Gasteiger partial charge is 0.507 e. The van der Waals surface area contributed by atoms with Gasteiger partial charge in [0.2, 0.25) is 0 Å². The first-order valence-electron chi connectivity index (χ1n) is 7.03. The van der Waals surface area contributed by atoms with Crippen LogP contribution in [0.1, 0.15) is 20.8 Å². The second-order valence-corrected chi connectivity index (χ2v) is 7.09. The number of benzene rings is 1. The summed E-state index contributed by atoms with van der Waals surface area (Å²) in [7, 11) is 0. The zero-order valence-corrected chi connectivity index (χ0v) is 14.5. The van der Waals surface area contributed by atoms with Gasteiger partial charge in [0.15, 0.2) is 6.61 Å². The van der Waals surface area contributed by atoms with Crippen LogP contribution in [0.25, 0.3) is 0 Å². The number of hydrogen-bond acceptors (Lipinski definition) is 5. The summed E-state index contributed by atoms with van der Waals surface area (Å²) in [5, 5.41) is 11.7. The highest BCUT2D eigenvalue weighted by Crippen LogP contribution is 2.25. The van der Waals surface area contributed by atoms with Crippen molar-refractivity contribution in [1.29, 1.82) is 0 Å². The maximum absolute atomic E-state index is 12.2. The smallest absolute Gasteiger partial charge is 0.342 e. The van der Waals surface area contributed by atoms with Crippen LogP contribution in [-0.4, -0.2) is 35.0 Å². The van der Waals surface area contributed by atoms with E-state index in [0.29, 0.717) is 17.6 Å². The molecule has 0 bridgehead atoms. The van der Waals surface area contributed by atoms with Crippen LogP contribution in [0.4, 0.5) is 0 Å². The third-order valence-electron chi connectivity index (χ3n) is 3.67. The molecule has 1 aliphatic heterocycles. The molecule has 1 aromatic heterocycles. The van der Waals surface area contributed by atoms with Crippen molar-refractivity contribution in [2.75, 3.05) is 13.2 Å². The molecule has 0 aliphatic carbocycles. The van der Waals surface area contributed by atoms with Crippen molar-refractivity contribution in [1.82, 2.24) is 4.90 Å². The van der Waals surface area contributed by atoms with Crippen LogP contribution < -0.4 is 0 Å². The second kappa shape index (κ2) is 6.72. The quantitative estimate of drug-likeness (QED) is 0.811. The Morgan fingerprint density at radius 1 is 1.35 bits per heavy atom. The number of carbonyl (C=O) groups is 2. The number of carbonyl (C=O) groups excluding carboxylic acids is 2. The van der Waals surface area contributed by atoms with Crippen LogP contribution in [0.15, 0.2) is 34.1 Å². The van der Waals surface area contributed by atoms with Crippen molar-refractivity contribution in [2.45, 2.75) is 13.0 Å².